The molecular formula is C12H16BrNS. The van der Waals surface area contributed by atoms with Gasteiger partial charge >= 0.3 is 0 Å². The second kappa shape index (κ2) is 5.26. The van der Waals surface area contributed by atoms with Crippen LogP contribution >= 0.6 is 27.7 Å². The van der Waals surface area contributed by atoms with E-state index in [1.165, 1.54) is 35.6 Å². The van der Waals surface area contributed by atoms with Crippen molar-refractivity contribution in [2.75, 3.05) is 16.8 Å². The van der Waals surface area contributed by atoms with Gasteiger partial charge in [-0.15, -0.1) is 0 Å². The Bertz CT molecular complexity index is 314. The number of halogens is 1. The Balaban J connectivity index is 2.02. The second-order valence-electron chi connectivity index (χ2n) is 4.05. The number of nitrogens with one attached hydrogen (secondary N) is 1. The summed E-state index contributed by atoms with van der Waals surface area (Å²) in [6, 6.07) is 7.18. The van der Waals surface area contributed by atoms with Gasteiger partial charge in [-0.3, -0.25) is 0 Å². The van der Waals surface area contributed by atoms with Crippen molar-refractivity contribution in [3.05, 3.63) is 28.2 Å². The molecule has 0 aliphatic carbocycles. The van der Waals surface area contributed by atoms with Crippen LogP contribution in [0, 0.1) is 6.92 Å². The Kier molecular flexibility index (Phi) is 3.98. The van der Waals surface area contributed by atoms with Crippen LogP contribution in [0.5, 0.6) is 0 Å². The monoisotopic (exact) mass is 285 g/mol. The first-order chi connectivity index (χ1) is 7.24. The minimum atomic E-state index is 0.667. The average Bonchev–Trinajstić information content (AvgIpc) is 2.17. The number of aryl methyl sites for hydroxylation is 1. The zero-order valence-corrected chi connectivity index (χ0v) is 11.3. The predicted molar refractivity (Wildman–Crippen MR) is 72.8 cm³/mol. The van der Waals surface area contributed by atoms with Crippen LogP contribution < -0.4 is 5.32 Å². The summed E-state index contributed by atoms with van der Waals surface area (Å²) < 4.78 is 1.16. The molecule has 1 heterocycles. The summed E-state index contributed by atoms with van der Waals surface area (Å²) in [4.78, 5) is 0. The summed E-state index contributed by atoms with van der Waals surface area (Å²) in [5.41, 5.74) is 2.55. The molecule has 0 amide bonds. The van der Waals surface area contributed by atoms with Gasteiger partial charge < -0.3 is 5.32 Å². The third-order valence-corrected chi connectivity index (χ3v) is 4.14. The number of thioether (sulfide) groups is 1. The van der Waals surface area contributed by atoms with E-state index < -0.39 is 0 Å². The van der Waals surface area contributed by atoms with Crippen LogP contribution in [0.4, 0.5) is 5.69 Å². The molecule has 1 aliphatic rings. The molecule has 0 atom stereocenters. The van der Waals surface area contributed by atoms with Crippen LogP contribution in [-0.4, -0.2) is 17.5 Å². The highest BCUT2D eigenvalue weighted by atomic mass is 79.9. The highest BCUT2D eigenvalue weighted by Gasteiger charge is 2.13. The van der Waals surface area contributed by atoms with E-state index in [1.807, 2.05) is 0 Å². The molecule has 1 aliphatic heterocycles. The quantitative estimate of drug-likeness (QED) is 0.879. The van der Waals surface area contributed by atoms with Gasteiger partial charge in [-0.25, -0.2) is 0 Å². The molecular weight excluding hydrogens is 270 g/mol. The molecule has 0 spiro atoms. The summed E-state index contributed by atoms with van der Waals surface area (Å²) in [6.07, 6.45) is 2.58. The van der Waals surface area contributed by atoms with E-state index in [4.69, 9.17) is 0 Å². The van der Waals surface area contributed by atoms with Crippen molar-refractivity contribution in [3.63, 3.8) is 0 Å². The van der Waals surface area contributed by atoms with Gasteiger partial charge in [0, 0.05) is 16.2 Å². The maximum Gasteiger partial charge on any atom is 0.0356 e. The lowest BCUT2D eigenvalue weighted by molar-refractivity contribution is 0.667. The van der Waals surface area contributed by atoms with E-state index in [0.717, 1.165) is 4.47 Å². The molecule has 0 saturated carbocycles. The van der Waals surface area contributed by atoms with Crippen LogP contribution in [0.2, 0.25) is 0 Å². The molecule has 0 bridgehead atoms. The Morgan fingerprint density at radius 1 is 1.27 bits per heavy atom. The first kappa shape index (κ1) is 11.3. The summed E-state index contributed by atoms with van der Waals surface area (Å²) in [7, 11) is 0. The number of rotatable bonds is 2. The van der Waals surface area contributed by atoms with Gasteiger partial charge in [0.15, 0.2) is 0 Å². The zero-order valence-electron chi connectivity index (χ0n) is 8.92. The lowest BCUT2D eigenvalue weighted by Crippen LogP contribution is -2.24. The molecule has 1 aromatic rings. The lowest BCUT2D eigenvalue weighted by Gasteiger charge is -2.23. The highest BCUT2D eigenvalue weighted by Crippen LogP contribution is 2.24. The minimum absolute atomic E-state index is 0.667. The summed E-state index contributed by atoms with van der Waals surface area (Å²) in [5.74, 6) is 2.59. The minimum Gasteiger partial charge on any atom is -0.382 e. The zero-order chi connectivity index (χ0) is 10.7. The van der Waals surface area contributed by atoms with Gasteiger partial charge in [0.2, 0.25) is 0 Å². The molecule has 1 nitrogen and oxygen atoms in total. The lowest BCUT2D eigenvalue weighted by atomic mass is 10.1. The number of hydrogen-bond acceptors (Lipinski definition) is 2. The largest absolute Gasteiger partial charge is 0.382 e. The molecule has 1 aromatic carbocycles. The van der Waals surface area contributed by atoms with Crippen molar-refractivity contribution in [2.45, 2.75) is 25.8 Å². The predicted octanol–water partition coefficient (Wildman–Crippen LogP) is 4.07. The molecule has 82 valence electrons. The standard InChI is InChI=1S/C12H16BrNS/c1-9-6-10(13)8-12(7-9)14-11-2-4-15-5-3-11/h6-8,11,14H,2-5H2,1H3. The molecule has 2 rings (SSSR count). The van der Waals surface area contributed by atoms with Gasteiger partial charge in [-0.05, 0) is 55.0 Å². The molecule has 1 N–H and O–H groups in total. The van der Waals surface area contributed by atoms with Gasteiger partial charge in [0.25, 0.3) is 0 Å². The Hall–Kier alpha value is -0.150. The van der Waals surface area contributed by atoms with E-state index in [1.54, 1.807) is 0 Å². The third-order valence-electron chi connectivity index (χ3n) is 2.63. The Morgan fingerprint density at radius 2 is 2.00 bits per heavy atom. The number of hydrogen-bond donors (Lipinski definition) is 1. The molecule has 1 fully saturated rings. The molecule has 0 radical (unpaired) electrons. The molecule has 0 aromatic heterocycles. The molecule has 3 heteroatoms. The number of anilines is 1. The summed E-state index contributed by atoms with van der Waals surface area (Å²) in [6.45, 7) is 2.13. The van der Waals surface area contributed by atoms with E-state index in [9.17, 15) is 0 Å². The van der Waals surface area contributed by atoms with Crippen molar-refractivity contribution in [2.24, 2.45) is 0 Å². The Morgan fingerprint density at radius 3 is 2.67 bits per heavy atom. The fourth-order valence-electron chi connectivity index (χ4n) is 1.90. The average molecular weight is 286 g/mol. The highest BCUT2D eigenvalue weighted by molar-refractivity contribution is 9.10. The molecule has 1 saturated heterocycles. The van der Waals surface area contributed by atoms with E-state index in [-0.39, 0.29) is 0 Å². The second-order valence-corrected chi connectivity index (χ2v) is 6.19. The van der Waals surface area contributed by atoms with Crippen LogP contribution in [-0.2, 0) is 0 Å². The maximum absolute atomic E-state index is 3.62. The summed E-state index contributed by atoms with van der Waals surface area (Å²) >= 11 is 5.60. The van der Waals surface area contributed by atoms with Crippen molar-refractivity contribution in [1.82, 2.24) is 0 Å². The topological polar surface area (TPSA) is 12.0 Å². The Labute approximate surface area is 104 Å². The first-order valence-corrected chi connectivity index (χ1v) is 7.30. The van der Waals surface area contributed by atoms with Gasteiger partial charge in [-0.1, -0.05) is 15.9 Å². The van der Waals surface area contributed by atoms with Crippen LogP contribution in [0.25, 0.3) is 0 Å². The van der Waals surface area contributed by atoms with Gasteiger partial charge in [0.05, 0.1) is 0 Å². The van der Waals surface area contributed by atoms with Crippen molar-refractivity contribution in [1.29, 1.82) is 0 Å². The molecule has 0 unspecified atom stereocenters. The smallest absolute Gasteiger partial charge is 0.0356 e. The van der Waals surface area contributed by atoms with Crippen molar-refractivity contribution in [3.8, 4) is 0 Å². The normalized spacial score (nSPS) is 17.7. The van der Waals surface area contributed by atoms with Gasteiger partial charge in [-0.2, -0.15) is 11.8 Å². The third kappa shape index (κ3) is 3.42. The van der Waals surface area contributed by atoms with Crippen LogP contribution in [0.1, 0.15) is 18.4 Å². The van der Waals surface area contributed by atoms with Crippen LogP contribution in [0.3, 0.4) is 0 Å². The van der Waals surface area contributed by atoms with E-state index >= 15 is 0 Å². The summed E-state index contributed by atoms with van der Waals surface area (Å²) in [5, 5.41) is 3.62. The van der Waals surface area contributed by atoms with Gasteiger partial charge in [0.1, 0.15) is 0 Å². The number of benzene rings is 1. The maximum atomic E-state index is 3.62. The van der Waals surface area contributed by atoms with E-state index in [2.05, 4.69) is 58.1 Å². The SMILES string of the molecule is Cc1cc(Br)cc(NC2CCSCC2)c1. The van der Waals surface area contributed by atoms with E-state index in [0.29, 0.717) is 6.04 Å². The van der Waals surface area contributed by atoms with Crippen molar-refractivity contribution < 1.29 is 0 Å². The van der Waals surface area contributed by atoms with Crippen molar-refractivity contribution >= 4 is 33.4 Å². The van der Waals surface area contributed by atoms with Crippen LogP contribution in [0.15, 0.2) is 22.7 Å². The molecule has 15 heavy (non-hydrogen) atoms. The fraction of sp³-hybridized carbons (Fsp3) is 0.500. The fourth-order valence-corrected chi connectivity index (χ4v) is 3.61. The first-order valence-electron chi connectivity index (χ1n) is 5.35.